The van der Waals surface area contributed by atoms with Crippen molar-refractivity contribution < 1.29 is 4.74 Å². The third kappa shape index (κ3) is 1.89. The number of fused-ring (bicyclic) bond motifs is 1. The van der Waals surface area contributed by atoms with Crippen LogP contribution in [0.15, 0.2) is 12.2 Å². The van der Waals surface area contributed by atoms with Crippen LogP contribution in [0.3, 0.4) is 0 Å². The molecule has 1 nitrogen and oxygen atoms in total. The van der Waals surface area contributed by atoms with Crippen LogP contribution in [0, 0.1) is 11.8 Å². The van der Waals surface area contributed by atoms with Gasteiger partial charge in [0.15, 0.2) is 0 Å². The topological polar surface area (TPSA) is 9.23 Å². The van der Waals surface area contributed by atoms with Gasteiger partial charge in [-0.1, -0.05) is 12.2 Å². The monoisotopic (exact) mass is 166 g/mol. The van der Waals surface area contributed by atoms with Crippen molar-refractivity contribution in [2.24, 2.45) is 11.8 Å². The van der Waals surface area contributed by atoms with E-state index in [0.29, 0.717) is 6.10 Å². The van der Waals surface area contributed by atoms with Crippen molar-refractivity contribution >= 4 is 0 Å². The standard InChI is InChI=1S/C11H18O/c1-2-12-11-5-3-4-9-8-10(9)6-7-11/h3-4,9-11H,2,5-8H2,1H3/b4-3+. The van der Waals surface area contributed by atoms with Gasteiger partial charge in [0.2, 0.25) is 0 Å². The maximum absolute atomic E-state index is 5.63. The van der Waals surface area contributed by atoms with Gasteiger partial charge in [-0.05, 0) is 44.4 Å². The Balaban J connectivity index is 1.85. The normalized spacial score (nSPS) is 42.6. The molecule has 0 saturated heterocycles. The zero-order chi connectivity index (χ0) is 8.39. The molecular weight excluding hydrogens is 148 g/mol. The maximum Gasteiger partial charge on any atom is 0.0609 e. The zero-order valence-electron chi connectivity index (χ0n) is 7.83. The van der Waals surface area contributed by atoms with Crippen LogP contribution in [0.1, 0.15) is 32.6 Å². The molecule has 0 radical (unpaired) electrons. The Morgan fingerprint density at radius 2 is 2.33 bits per heavy atom. The van der Waals surface area contributed by atoms with Gasteiger partial charge >= 0.3 is 0 Å². The lowest BCUT2D eigenvalue weighted by Gasteiger charge is -2.16. The highest BCUT2D eigenvalue weighted by Gasteiger charge is 2.35. The zero-order valence-corrected chi connectivity index (χ0v) is 7.83. The largest absolute Gasteiger partial charge is 0.378 e. The van der Waals surface area contributed by atoms with Gasteiger partial charge in [0.1, 0.15) is 0 Å². The average molecular weight is 166 g/mol. The van der Waals surface area contributed by atoms with E-state index >= 15 is 0 Å². The molecule has 0 aromatic rings. The molecule has 0 heterocycles. The van der Waals surface area contributed by atoms with Gasteiger partial charge in [0.05, 0.1) is 6.10 Å². The molecule has 68 valence electrons. The van der Waals surface area contributed by atoms with Gasteiger partial charge in [0.25, 0.3) is 0 Å². The molecule has 0 aromatic carbocycles. The van der Waals surface area contributed by atoms with Crippen molar-refractivity contribution in [2.75, 3.05) is 6.61 Å². The molecule has 3 atom stereocenters. The molecular formula is C11H18O. The first-order chi connectivity index (χ1) is 5.90. The van der Waals surface area contributed by atoms with Gasteiger partial charge in [-0.2, -0.15) is 0 Å². The summed E-state index contributed by atoms with van der Waals surface area (Å²) in [7, 11) is 0. The summed E-state index contributed by atoms with van der Waals surface area (Å²) in [5.74, 6) is 1.94. The molecule has 0 N–H and O–H groups in total. The number of rotatable bonds is 2. The SMILES string of the molecule is CCOC1C/C=C/C2CC2CC1. The highest BCUT2D eigenvalue weighted by atomic mass is 16.5. The minimum Gasteiger partial charge on any atom is -0.378 e. The molecule has 1 fully saturated rings. The Kier molecular flexibility index (Phi) is 2.50. The fourth-order valence-corrected chi connectivity index (χ4v) is 2.15. The van der Waals surface area contributed by atoms with E-state index in [1.54, 1.807) is 0 Å². The Labute approximate surface area is 74.8 Å². The first-order valence-electron chi connectivity index (χ1n) is 5.18. The van der Waals surface area contributed by atoms with Gasteiger partial charge in [-0.3, -0.25) is 0 Å². The highest BCUT2D eigenvalue weighted by molar-refractivity contribution is 5.04. The van der Waals surface area contributed by atoms with E-state index in [2.05, 4.69) is 19.1 Å². The molecule has 2 rings (SSSR count). The summed E-state index contributed by atoms with van der Waals surface area (Å²) in [5.41, 5.74) is 0. The molecule has 12 heavy (non-hydrogen) atoms. The summed E-state index contributed by atoms with van der Waals surface area (Å²) in [6.45, 7) is 2.95. The van der Waals surface area contributed by atoms with E-state index in [1.165, 1.54) is 19.3 Å². The van der Waals surface area contributed by atoms with Crippen molar-refractivity contribution in [3.63, 3.8) is 0 Å². The molecule has 0 aromatic heterocycles. The van der Waals surface area contributed by atoms with E-state index < -0.39 is 0 Å². The second-order valence-electron chi connectivity index (χ2n) is 3.98. The van der Waals surface area contributed by atoms with E-state index in [-0.39, 0.29) is 0 Å². The van der Waals surface area contributed by atoms with Gasteiger partial charge < -0.3 is 4.74 Å². The average Bonchev–Trinajstić information content (AvgIpc) is 2.74. The number of hydrogen-bond acceptors (Lipinski definition) is 1. The summed E-state index contributed by atoms with van der Waals surface area (Å²) in [5, 5.41) is 0. The van der Waals surface area contributed by atoms with Crippen molar-refractivity contribution in [3.8, 4) is 0 Å². The molecule has 0 spiro atoms. The van der Waals surface area contributed by atoms with Crippen LogP contribution in [0.2, 0.25) is 0 Å². The van der Waals surface area contributed by atoms with Crippen LogP contribution in [0.25, 0.3) is 0 Å². The van der Waals surface area contributed by atoms with Crippen LogP contribution in [-0.4, -0.2) is 12.7 Å². The summed E-state index contributed by atoms with van der Waals surface area (Å²) < 4.78 is 5.63. The van der Waals surface area contributed by atoms with Crippen LogP contribution in [-0.2, 0) is 4.74 Å². The highest BCUT2D eigenvalue weighted by Crippen LogP contribution is 2.44. The van der Waals surface area contributed by atoms with Crippen LogP contribution in [0.4, 0.5) is 0 Å². The Morgan fingerprint density at radius 1 is 1.42 bits per heavy atom. The first-order valence-corrected chi connectivity index (χ1v) is 5.18. The van der Waals surface area contributed by atoms with Gasteiger partial charge in [-0.25, -0.2) is 0 Å². The Bertz CT molecular complexity index is 174. The van der Waals surface area contributed by atoms with E-state index in [9.17, 15) is 0 Å². The molecule has 0 amide bonds. The molecule has 0 bridgehead atoms. The van der Waals surface area contributed by atoms with E-state index in [4.69, 9.17) is 4.74 Å². The summed E-state index contributed by atoms with van der Waals surface area (Å²) >= 11 is 0. The Hall–Kier alpha value is -0.300. The van der Waals surface area contributed by atoms with E-state index in [1.807, 2.05) is 0 Å². The maximum atomic E-state index is 5.63. The number of hydrogen-bond donors (Lipinski definition) is 0. The van der Waals surface area contributed by atoms with Crippen molar-refractivity contribution in [1.29, 1.82) is 0 Å². The van der Waals surface area contributed by atoms with Crippen molar-refractivity contribution in [2.45, 2.75) is 38.7 Å². The fraction of sp³-hybridized carbons (Fsp3) is 0.818. The van der Waals surface area contributed by atoms with Gasteiger partial charge in [0, 0.05) is 6.61 Å². The molecule has 1 heteroatoms. The van der Waals surface area contributed by atoms with Crippen LogP contribution >= 0.6 is 0 Å². The second-order valence-corrected chi connectivity index (χ2v) is 3.98. The minimum absolute atomic E-state index is 0.507. The first kappa shape index (κ1) is 8.31. The molecule has 2 aliphatic rings. The Morgan fingerprint density at radius 3 is 3.17 bits per heavy atom. The molecule has 0 aliphatic heterocycles. The number of ether oxygens (including phenoxy) is 1. The predicted octanol–water partition coefficient (Wildman–Crippen LogP) is 2.77. The summed E-state index contributed by atoms with van der Waals surface area (Å²) in [6, 6.07) is 0. The summed E-state index contributed by atoms with van der Waals surface area (Å²) in [4.78, 5) is 0. The van der Waals surface area contributed by atoms with Crippen molar-refractivity contribution in [3.05, 3.63) is 12.2 Å². The fourth-order valence-electron chi connectivity index (χ4n) is 2.15. The summed E-state index contributed by atoms with van der Waals surface area (Å²) in [6.07, 6.45) is 10.5. The molecule has 2 aliphatic carbocycles. The molecule has 1 saturated carbocycles. The van der Waals surface area contributed by atoms with Crippen molar-refractivity contribution in [1.82, 2.24) is 0 Å². The van der Waals surface area contributed by atoms with Gasteiger partial charge in [-0.15, -0.1) is 0 Å². The van der Waals surface area contributed by atoms with Crippen LogP contribution < -0.4 is 0 Å². The van der Waals surface area contributed by atoms with E-state index in [0.717, 1.165) is 24.9 Å². The number of allylic oxidation sites excluding steroid dienone is 1. The smallest absolute Gasteiger partial charge is 0.0609 e. The van der Waals surface area contributed by atoms with Crippen LogP contribution in [0.5, 0.6) is 0 Å². The molecule has 3 unspecified atom stereocenters. The lowest BCUT2D eigenvalue weighted by Crippen LogP contribution is -2.13. The quantitative estimate of drug-likeness (QED) is 0.573. The predicted molar refractivity (Wildman–Crippen MR) is 50.0 cm³/mol. The lowest BCUT2D eigenvalue weighted by molar-refractivity contribution is 0.0556. The third-order valence-corrected chi connectivity index (χ3v) is 3.02. The third-order valence-electron chi connectivity index (χ3n) is 3.02. The lowest BCUT2D eigenvalue weighted by atomic mass is 10.0. The minimum atomic E-state index is 0.507. The second kappa shape index (κ2) is 3.61.